The molecule has 1 amide bonds. The van der Waals surface area contributed by atoms with E-state index in [0.29, 0.717) is 11.5 Å². The third-order valence-corrected chi connectivity index (χ3v) is 3.49. The second kappa shape index (κ2) is 5.21. The van der Waals surface area contributed by atoms with Gasteiger partial charge in [0.05, 0.1) is 5.56 Å². The molecule has 0 spiro atoms. The molecule has 3 heteroatoms. The van der Waals surface area contributed by atoms with Gasteiger partial charge in [0.1, 0.15) is 5.75 Å². The van der Waals surface area contributed by atoms with Gasteiger partial charge in [-0.2, -0.15) is 0 Å². The van der Waals surface area contributed by atoms with E-state index in [1.807, 2.05) is 7.05 Å². The maximum atomic E-state index is 12.1. The lowest BCUT2D eigenvalue weighted by molar-refractivity contribution is 0.0770. The Labute approximate surface area is 102 Å². The van der Waals surface area contributed by atoms with Crippen molar-refractivity contribution in [3.05, 3.63) is 29.8 Å². The van der Waals surface area contributed by atoms with Crippen LogP contribution in [0.1, 0.15) is 36.0 Å². The summed E-state index contributed by atoms with van der Waals surface area (Å²) in [5.41, 5.74) is 0.396. The minimum atomic E-state index is -0.0880. The lowest BCUT2D eigenvalue weighted by Crippen LogP contribution is -2.31. The summed E-state index contributed by atoms with van der Waals surface area (Å²) in [6.45, 7) is 0.799. The maximum Gasteiger partial charge on any atom is 0.257 e. The van der Waals surface area contributed by atoms with Crippen molar-refractivity contribution < 1.29 is 9.90 Å². The molecule has 1 aromatic rings. The SMILES string of the molecule is CN(CC1CCCC1)C(=O)c1ccccc1O. The van der Waals surface area contributed by atoms with Crippen LogP contribution in [-0.4, -0.2) is 29.5 Å². The number of aromatic hydroxyl groups is 1. The third kappa shape index (κ3) is 2.78. The molecule has 2 rings (SSSR count). The molecule has 1 saturated carbocycles. The van der Waals surface area contributed by atoms with E-state index < -0.39 is 0 Å². The summed E-state index contributed by atoms with van der Waals surface area (Å²) in [5, 5.41) is 9.64. The fraction of sp³-hybridized carbons (Fsp3) is 0.500. The summed E-state index contributed by atoms with van der Waals surface area (Å²) in [6, 6.07) is 6.72. The number of phenolic OH excluding ortho intramolecular Hbond substituents is 1. The highest BCUT2D eigenvalue weighted by Crippen LogP contribution is 2.26. The van der Waals surface area contributed by atoms with Crippen LogP contribution in [0, 0.1) is 5.92 Å². The van der Waals surface area contributed by atoms with Crippen LogP contribution in [0.25, 0.3) is 0 Å². The summed E-state index contributed by atoms with van der Waals surface area (Å²) in [6.07, 6.45) is 5.00. The Morgan fingerprint density at radius 1 is 1.35 bits per heavy atom. The number of amides is 1. The number of carbonyl (C=O) groups is 1. The van der Waals surface area contributed by atoms with Crippen LogP contribution in [0.15, 0.2) is 24.3 Å². The molecule has 3 nitrogen and oxygen atoms in total. The molecule has 17 heavy (non-hydrogen) atoms. The highest BCUT2D eigenvalue weighted by Gasteiger charge is 2.21. The maximum absolute atomic E-state index is 12.1. The zero-order chi connectivity index (χ0) is 12.3. The van der Waals surface area contributed by atoms with E-state index in [1.54, 1.807) is 29.2 Å². The molecule has 1 aliphatic carbocycles. The van der Waals surface area contributed by atoms with E-state index >= 15 is 0 Å². The number of hydrogen-bond acceptors (Lipinski definition) is 2. The van der Waals surface area contributed by atoms with Crippen LogP contribution >= 0.6 is 0 Å². The van der Waals surface area contributed by atoms with Gasteiger partial charge in [0, 0.05) is 13.6 Å². The molecule has 0 saturated heterocycles. The molecule has 0 aliphatic heterocycles. The smallest absolute Gasteiger partial charge is 0.257 e. The van der Waals surface area contributed by atoms with Crippen molar-refractivity contribution in [2.24, 2.45) is 5.92 Å². The van der Waals surface area contributed by atoms with Gasteiger partial charge in [-0.15, -0.1) is 0 Å². The summed E-state index contributed by atoms with van der Waals surface area (Å²) in [5.74, 6) is 0.612. The molecular formula is C14H19NO2. The number of benzene rings is 1. The lowest BCUT2D eigenvalue weighted by Gasteiger charge is -2.21. The highest BCUT2D eigenvalue weighted by atomic mass is 16.3. The first-order chi connectivity index (χ1) is 8.18. The average molecular weight is 233 g/mol. The first-order valence-corrected chi connectivity index (χ1v) is 6.22. The Bertz CT molecular complexity index is 397. The number of carbonyl (C=O) groups excluding carboxylic acids is 1. The Kier molecular flexibility index (Phi) is 3.67. The predicted octanol–water partition coefficient (Wildman–Crippen LogP) is 2.65. The van der Waals surface area contributed by atoms with Gasteiger partial charge in [-0.3, -0.25) is 4.79 Å². The van der Waals surface area contributed by atoms with Crippen LogP contribution in [0.2, 0.25) is 0 Å². The summed E-state index contributed by atoms with van der Waals surface area (Å²) in [4.78, 5) is 13.8. The predicted molar refractivity (Wildman–Crippen MR) is 67.0 cm³/mol. The standard InChI is InChI=1S/C14H19NO2/c1-15(10-11-6-2-3-7-11)14(17)12-8-4-5-9-13(12)16/h4-5,8-9,11,16H,2-3,6-7,10H2,1H3. The van der Waals surface area contributed by atoms with Crippen molar-refractivity contribution in [3.8, 4) is 5.75 Å². The number of phenols is 1. The van der Waals surface area contributed by atoms with Gasteiger partial charge in [-0.25, -0.2) is 0 Å². The van der Waals surface area contributed by atoms with Gasteiger partial charge in [0.25, 0.3) is 5.91 Å². The molecule has 92 valence electrons. The van der Waals surface area contributed by atoms with Crippen LogP contribution in [-0.2, 0) is 0 Å². The van der Waals surface area contributed by atoms with Crippen LogP contribution in [0.5, 0.6) is 5.75 Å². The van der Waals surface area contributed by atoms with Crippen LogP contribution in [0.4, 0.5) is 0 Å². The second-order valence-electron chi connectivity index (χ2n) is 4.85. The van der Waals surface area contributed by atoms with Crippen molar-refractivity contribution in [2.75, 3.05) is 13.6 Å². The summed E-state index contributed by atoms with van der Waals surface area (Å²) in [7, 11) is 1.81. The van der Waals surface area contributed by atoms with Crippen molar-refractivity contribution in [1.29, 1.82) is 0 Å². The first-order valence-electron chi connectivity index (χ1n) is 6.22. The molecule has 0 atom stereocenters. The molecule has 1 fully saturated rings. The van der Waals surface area contributed by atoms with Gasteiger partial charge in [0.2, 0.25) is 0 Å². The van der Waals surface area contributed by atoms with Gasteiger partial charge >= 0.3 is 0 Å². The highest BCUT2D eigenvalue weighted by molar-refractivity contribution is 5.96. The largest absolute Gasteiger partial charge is 0.507 e. The molecule has 1 N–H and O–H groups in total. The quantitative estimate of drug-likeness (QED) is 0.872. The number of nitrogens with zero attached hydrogens (tertiary/aromatic N) is 1. The summed E-state index contributed by atoms with van der Waals surface area (Å²) >= 11 is 0. The molecule has 0 heterocycles. The third-order valence-electron chi connectivity index (χ3n) is 3.49. The zero-order valence-corrected chi connectivity index (χ0v) is 10.2. The van der Waals surface area contributed by atoms with Gasteiger partial charge < -0.3 is 10.0 Å². The van der Waals surface area contributed by atoms with Crippen molar-refractivity contribution in [2.45, 2.75) is 25.7 Å². The molecule has 0 aromatic heterocycles. The molecule has 0 unspecified atom stereocenters. The molecule has 1 aromatic carbocycles. The minimum Gasteiger partial charge on any atom is -0.507 e. The fourth-order valence-electron chi connectivity index (χ4n) is 2.52. The fourth-order valence-corrected chi connectivity index (χ4v) is 2.52. The van der Waals surface area contributed by atoms with Crippen LogP contribution < -0.4 is 0 Å². The van der Waals surface area contributed by atoms with Crippen LogP contribution in [0.3, 0.4) is 0 Å². The number of hydrogen-bond donors (Lipinski definition) is 1. The molecule has 0 radical (unpaired) electrons. The Balaban J connectivity index is 2.01. The second-order valence-corrected chi connectivity index (χ2v) is 4.85. The van der Waals surface area contributed by atoms with E-state index in [2.05, 4.69) is 0 Å². The van der Waals surface area contributed by atoms with E-state index in [1.165, 1.54) is 25.7 Å². The lowest BCUT2D eigenvalue weighted by atomic mass is 10.1. The van der Waals surface area contributed by atoms with E-state index in [9.17, 15) is 9.90 Å². The number of para-hydroxylation sites is 1. The minimum absolute atomic E-state index is 0.0655. The first kappa shape index (κ1) is 12.0. The molecule has 0 bridgehead atoms. The monoisotopic (exact) mass is 233 g/mol. The van der Waals surface area contributed by atoms with E-state index in [0.717, 1.165) is 6.54 Å². The molecular weight excluding hydrogens is 214 g/mol. The van der Waals surface area contributed by atoms with E-state index in [-0.39, 0.29) is 11.7 Å². The Morgan fingerprint density at radius 3 is 2.65 bits per heavy atom. The Morgan fingerprint density at radius 2 is 2.00 bits per heavy atom. The van der Waals surface area contributed by atoms with Crippen molar-refractivity contribution in [1.82, 2.24) is 4.90 Å². The topological polar surface area (TPSA) is 40.5 Å². The van der Waals surface area contributed by atoms with Gasteiger partial charge in [-0.05, 0) is 30.9 Å². The number of rotatable bonds is 3. The van der Waals surface area contributed by atoms with Gasteiger partial charge in [-0.1, -0.05) is 25.0 Å². The average Bonchev–Trinajstić information content (AvgIpc) is 2.81. The molecule has 1 aliphatic rings. The normalized spacial score (nSPS) is 16.1. The van der Waals surface area contributed by atoms with Crippen molar-refractivity contribution in [3.63, 3.8) is 0 Å². The van der Waals surface area contributed by atoms with Crippen molar-refractivity contribution >= 4 is 5.91 Å². The van der Waals surface area contributed by atoms with Gasteiger partial charge in [0.15, 0.2) is 0 Å². The zero-order valence-electron chi connectivity index (χ0n) is 10.2. The summed E-state index contributed by atoms with van der Waals surface area (Å²) < 4.78 is 0. The van der Waals surface area contributed by atoms with E-state index in [4.69, 9.17) is 0 Å². The Hall–Kier alpha value is -1.51.